The highest BCUT2D eigenvalue weighted by atomic mass is 32.2. The second kappa shape index (κ2) is 9.89. The highest BCUT2D eigenvalue weighted by Crippen LogP contribution is 2.32. The molecule has 0 aliphatic carbocycles. The summed E-state index contributed by atoms with van der Waals surface area (Å²) < 4.78 is 1.75. The fraction of sp³-hybridized carbons (Fsp3) is 0.280. The fourth-order valence-electron chi connectivity index (χ4n) is 3.57. The molecular formula is C25H26N4O2S2. The van der Waals surface area contributed by atoms with Gasteiger partial charge in [0.05, 0.1) is 22.3 Å². The predicted octanol–water partition coefficient (Wildman–Crippen LogP) is 5.86. The lowest BCUT2D eigenvalue weighted by molar-refractivity contribution is -0.115. The van der Waals surface area contributed by atoms with Crippen molar-refractivity contribution in [3.05, 3.63) is 75.0 Å². The average Bonchev–Trinajstić information content (AvgIpc) is 3.25. The highest BCUT2D eigenvalue weighted by Gasteiger charge is 2.19. The van der Waals surface area contributed by atoms with E-state index in [-0.39, 0.29) is 11.5 Å². The van der Waals surface area contributed by atoms with Crippen molar-refractivity contribution in [3.8, 4) is 0 Å². The summed E-state index contributed by atoms with van der Waals surface area (Å²) in [6.45, 7) is 8.30. The molecule has 2 heterocycles. The number of benzene rings is 2. The van der Waals surface area contributed by atoms with E-state index in [1.807, 2.05) is 61.7 Å². The van der Waals surface area contributed by atoms with E-state index < -0.39 is 0 Å². The Balaban J connectivity index is 1.61. The van der Waals surface area contributed by atoms with Gasteiger partial charge in [0.1, 0.15) is 0 Å². The Morgan fingerprint density at radius 3 is 2.64 bits per heavy atom. The molecule has 0 radical (unpaired) electrons. The van der Waals surface area contributed by atoms with Crippen molar-refractivity contribution in [1.29, 1.82) is 0 Å². The van der Waals surface area contributed by atoms with Crippen molar-refractivity contribution in [2.45, 2.75) is 51.6 Å². The van der Waals surface area contributed by atoms with Gasteiger partial charge in [0.2, 0.25) is 5.91 Å². The van der Waals surface area contributed by atoms with E-state index in [0.717, 1.165) is 23.4 Å². The standard InChI is InChI=1S/C25H26N4O2S2/c1-5-12-28-23(31)21-8-6-7-9-22(21)27-24(28)32-14-19-15-33-25(26-19)29(18(4)30)20-11-10-16(2)17(3)13-20/h6-11,13,15H,5,12,14H2,1-4H3. The molecule has 0 atom stereocenters. The van der Waals surface area contributed by atoms with Crippen LogP contribution in [0.25, 0.3) is 10.9 Å². The summed E-state index contributed by atoms with van der Waals surface area (Å²) in [7, 11) is 0. The van der Waals surface area contributed by atoms with Gasteiger partial charge >= 0.3 is 0 Å². The SMILES string of the molecule is CCCn1c(SCc2csc(N(C(C)=O)c3ccc(C)c(C)c3)n2)nc2ccccc2c1=O. The van der Waals surface area contributed by atoms with Gasteiger partial charge in [-0.25, -0.2) is 9.97 Å². The van der Waals surface area contributed by atoms with Crippen LogP contribution in [0.1, 0.15) is 37.1 Å². The van der Waals surface area contributed by atoms with Gasteiger partial charge in [0.25, 0.3) is 5.56 Å². The number of hydrogen-bond donors (Lipinski definition) is 0. The zero-order valence-corrected chi connectivity index (χ0v) is 20.8. The predicted molar refractivity (Wildman–Crippen MR) is 137 cm³/mol. The molecule has 2 aromatic carbocycles. The lowest BCUT2D eigenvalue weighted by Gasteiger charge is -2.19. The second-order valence-electron chi connectivity index (χ2n) is 7.90. The van der Waals surface area contributed by atoms with Crippen LogP contribution in [0.15, 0.2) is 57.8 Å². The van der Waals surface area contributed by atoms with Gasteiger partial charge in [0, 0.05) is 24.6 Å². The zero-order chi connectivity index (χ0) is 23.5. The van der Waals surface area contributed by atoms with E-state index in [1.165, 1.54) is 28.7 Å². The Kier molecular flexibility index (Phi) is 6.95. The number of thiazole rings is 1. The van der Waals surface area contributed by atoms with Gasteiger partial charge in [-0.1, -0.05) is 36.9 Å². The first-order valence-corrected chi connectivity index (χ1v) is 12.7. The van der Waals surface area contributed by atoms with Crippen LogP contribution < -0.4 is 10.5 Å². The quantitative estimate of drug-likeness (QED) is 0.246. The highest BCUT2D eigenvalue weighted by molar-refractivity contribution is 7.98. The maximum absolute atomic E-state index is 13.0. The Labute approximate surface area is 201 Å². The van der Waals surface area contributed by atoms with Crippen molar-refractivity contribution in [2.24, 2.45) is 0 Å². The number of rotatable bonds is 7. The van der Waals surface area contributed by atoms with Gasteiger partial charge in [0.15, 0.2) is 10.3 Å². The molecule has 4 aromatic rings. The number of hydrogen-bond acceptors (Lipinski definition) is 6. The minimum atomic E-state index is -0.0835. The lowest BCUT2D eigenvalue weighted by Crippen LogP contribution is -2.23. The van der Waals surface area contributed by atoms with E-state index in [4.69, 9.17) is 9.97 Å². The number of fused-ring (bicyclic) bond motifs is 1. The molecule has 1 amide bonds. The second-order valence-corrected chi connectivity index (χ2v) is 9.68. The van der Waals surface area contributed by atoms with Crippen molar-refractivity contribution in [1.82, 2.24) is 14.5 Å². The maximum atomic E-state index is 13.0. The van der Waals surface area contributed by atoms with Gasteiger partial charge < -0.3 is 0 Å². The van der Waals surface area contributed by atoms with Gasteiger partial charge in [-0.15, -0.1) is 11.3 Å². The van der Waals surface area contributed by atoms with Crippen molar-refractivity contribution >= 4 is 50.7 Å². The Bertz CT molecular complexity index is 1380. The van der Waals surface area contributed by atoms with Crippen LogP contribution in [0.5, 0.6) is 0 Å². The van der Waals surface area contributed by atoms with Gasteiger partial charge in [-0.05, 0) is 55.7 Å². The average molecular weight is 479 g/mol. The third-order valence-electron chi connectivity index (χ3n) is 5.42. The Hall–Kier alpha value is -2.97. The molecule has 8 heteroatoms. The summed E-state index contributed by atoms with van der Waals surface area (Å²) in [5.41, 5.74) is 4.66. The summed E-state index contributed by atoms with van der Waals surface area (Å²) in [6.07, 6.45) is 0.845. The normalized spacial score (nSPS) is 11.2. The van der Waals surface area contributed by atoms with Crippen LogP contribution in [-0.2, 0) is 17.1 Å². The molecule has 0 fully saturated rings. The summed E-state index contributed by atoms with van der Waals surface area (Å²) in [4.78, 5) is 36.5. The zero-order valence-electron chi connectivity index (χ0n) is 19.2. The third kappa shape index (κ3) is 4.86. The number of carbonyl (C=O) groups excluding carboxylic acids is 1. The largest absolute Gasteiger partial charge is 0.287 e. The number of carbonyl (C=O) groups is 1. The summed E-state index contributed by atoms with van der Waals surface area (Å²) in [5.74, 6) is 0.476. The molecule has 6 nitrogen and oxygen atoms in total. The van der Waals surface area contributed by atoms with E-state index in [9.17, 15) is 9.59 Å². The van der Waals surface area contributed by atoms with Crippen LogP contribution >= 0.6 is 23.1 Å². The molecule has 2 aromatic heterocycles. The van der Waals surface area contributed by atoms with Crippen LogP contribution in [-0.4, -0.2) is 20.4 Å². The lowest BCUT2D eigenvalue weighted by atomic mass is 10.1. The van der Waals surface area contributed by atoms with Crippen LogP contribution in [0.2, 0.25) is 0 Å². The molecule has 0 aliphatic rings. The molecule has 0 bridgehead atoms. The molecule has 0 aliphatic heterocycles. The summed E-state index contributed by atoms with van der Waals surface area (Å²) >= 11 is 2.93. The maximum Gasteiger partial charge on any atom is 0.262 e. The van der Waals surface area contributed by atoms with Gasteiger partial charge in [-0.2, -0.15) is 0 Å². The van der Waals surface area contributed by atoms with E-state index in [0.29, 0.717) is 33.5 Å². The summed E-state index contributed by atoms with van der Waals surface area (Å²) in [6, 6.07) is 13.4. The number of para-hydroxylation sites is 1. The monoisotopic (exact) mass is 478 g/mol. The van der Waals surface area contributed by atoms with Crippen molar-refractivity contribution in [3.63, 3.8) is 0 Å². The molecule has 33 heavy (non-hydrogen) atoms. The molecule has 0 saturated heterocycles. The number of aromatic nitrogens is 3. The minimum absolute atomic E-state index is 0.0126. The van der Waals surface area contributed by atoms with Crippen molar-refractivity contribution in [2.75, 3.05) is 4.90 Å². The van der Waals surface area contributed by atoms with Crippen LogP contribution in [0.3, 0.4) is 0 Å². The van der Waals surface area contributed by atoms with Crippen LogP contribution in [0.4, 0.5) is 10.8 Å². The fourth-order valence-corrected chi connectivity index (χ4v) is 5.48. The van der Waals surface area contributed by atoms with E-state index >= 15 is 0 Å². The Morgan fingerprint density at radius 2 is 1.91 bits per heavy atom. The third-order valence-corrected chi connectivity index (χ3v) is 7.30. The molecule has 0 saturated carbocycles. The molecule has 4 rings (SSSR count). The number of anilines is 2. The molecule has 0 N–H and O–H groups in total. The number of aryl methyl sites for hydroxylation is 2. The topological polar surface area (TPSA) is 68.1 Å². The summed E-state index contributed by atoms with van der Waals surface area (Å²) in [5, 5.41) is 3.92. The molecule has 0 unspecified atom stereocenters. The number of amides is 1. The first-order chi connectivity index (χ1) is 15.9. The number of nitrogens with zero attached hydrogens (tertiary/aromatic N) is 4. The number of thioether (sulfide) groups is 1. The minimum Gasteiger partial charge on any atom is -0.287 e. The molecular weight excluding hydrogens is 452 g/mol. The Morgan fingerprint density at radius 1 is 1.12 bits per heavy atom. The smallest absolute Gasteiger partial charge is 0.262 e. The molecule has 170 valence electrons. The van der Waals surface area contributed by atoms with Gasteiger partial charge in [-0.3, -0.25) is 19.1 Å². The first-order valence-electron chi connectivity index (χ1n) is 10.8. The first kappa shape index (κ1) is 23.2. The van der Waals surface area contributed by atoms with Crippen molar-refractivity contribution < 1.29 is 4.79 Å². The molecule has 0 spiro atoms. The van der Waals surface area contributed by atoms with E-state index in [2.05, 4.69) is 6.92 Å². The van der Waals surface area contributed by atoms with E-state index in [1.54, 1.807) is 16.4 Å². The van der Waals surface area contributed by atoms with Crippen LogP contribution in [0, 0.1) is 13.8 Å².